The molecule has 0 unspecified atom stereocenters. The molecule has 2 rings (SSSR count). The van der Waals surface area contributed by atoms with Crippen molar-refractivity contribution in [3.8, 4) is 11.5 Å². The summed E-state index contributed by atoms with van der Waals surface area (Å²) < 4.78 is 5.50. The predicted molar refractivity (Wildman–Crippen MR) is 120 cm³/mol. The third kappa shape index (κ3) is 7.53. The van der Waals surface area contributed by atoms with Crippen LogP contribution in [0.2, 0.25) is 0 Å². The molecule has 5 heteroatoms. The van der Waals surface area contributed by atoms with Crippen molar-refractivity contribution in [1.29, 1.82) is 0 Å². The minimum atomic E-state index is -0.127. The average Bonchev–Trinajstić information content (AvgIpc) is 2.73. The topological polar surface area (TPSA) is 61.8 Å². The number of nitrogens with one attached hydrogen (secondary N) is 1. The van der Waals surface area contributed by atoms with E-state index in [1.807, 2.05) is 36.4 Å². The highest BCUT2D eigenvalue weighted by Gasteiger charge is 2.08. The number of amides is 1. The Kier molecular flexibility index (Phi) is 9.09. The highest BCUT2D eigenvalue weighted by Crippen LogP contribution is 2.29. The molecule has 0 spiro atoms. The summed E-state index contributed by atoms with van der Waals surface area (Å²) in [6, 6.07) is 12.9. The lowest BCUT2D eigenvalue weighted by Gasteiger charge is -2.22. The van der Waals surface area contributed by atoms with Gasteiger partial charge in [0, 0.05) is 26.2 Å². The maximum Gasteiger partial charge on any atom is 0.244 e. The summed E-state index contributed by atoms with van der Waals surface area (Å²) in [7, 11) is 3.74. The van der Waals surface area contributed by atoms with Crippen LogP contribution >= 0.6 is 0 Å². The first-order chi connectivity index (χ1) is 14.0. The molecule has 0 saturated carbocycles. The van der Waals surface area contributed by atoms with Crippen LogP contribution < -0.4 is 15.0 Å². The number of phenolic OH excluding ortho intramolecular Hbond substituents is 1. The summed E-state index contributed by atoms with van der Waals surface area (Å²) in [6.07, 6.45) is 7.62. The molecule has 2 aromatic rings. The molecule has 0 bridgehead atoms. The molecule has 0 heterocycles. The summed E-state index contributed by atoms with van der Waals surface area (Å²) in [5.74, 6) is 0.951. The Morgan fingerprint density at radius 1 is 1.17 bits per heavy atom. The van der Waals surface area contributed by atoms with Gasteiger partial charge in [0.2, 0.25) is 5.91 Å². The molecular formula is C24H32N2O3. The number of hydrogen-bond acceptors (Lipinski definition) is 4. The number of nitrogens with zero attached hydrogens (tertiary/aromatic N) is 1. The number of methoxy groups -OCH3 is 1. The molecule has 2 N–H and O–H groups in total. The molecule has 2 aromatic carbocycles. The van der Waals surface area contributed by atoms with Crippen molar-refractivity contribution in [3.05, 3.63) is 59.7 Å². The maximum absolute atomic E-state index is 12.1. The lowest BCUT2D eigenvalue weighted by Crippen LogP contribution is -2.23. The summed E-state index contributed by atoms with van der Waals surface area (Å²) in [5.41, 5.74) is 3.05. The van der Waals surface area contributed by atoms with E-state index in [-0.39, 0.29) is 11.7 Å². The zero-order valence-corrected chi connectivity index (χ0v) is 17.6. The van der Waals surface area contributed by atoms with E-state index in [2.05, 4.69) is 24.2 Å². The SMILES string of the molecule is CCCCCN(C)c1cc(/C=C/C(=O)NCCc2ccc(O)cc2)ccc1OC. The molecule has 0 aromatic heterocycles. The van der Waals surface area contributed by atoms with Crippen LogP contribution in [0, 0.1) is 0 Å². The smallest absolute Gasteiger partial charge is 0.244 e. The fourth-order valence-corrected chi connectivity index (χ4v) is 3.05. The van der Waals surface area contributed by atoms with Crippen LogP contribution in [0.25, 0.3) is 6.08 Å². The molecule has 0 fully saturated rings. The molecule has 0 radical (unpaired) electrons. The number of unbranched alkanes of at least 4 members (excludes halogenated alkanes) is 2. The van der Waals surface area contributed by atoms with Crippen LogP contribution in [-0.4, -0.2) is 38.3 Å². The maximum atomic E-state index is 12.1. The molecule has 0 atom stereocenters. The van der Waals surface area contributed by atoms with E-state index in [0.717, 1.165) is 42.0 Å². The van der Waals surface area contributed by atoms with Crippen LogP contribution in [0.3, 0.4) is 0 Å². The van der Waals surface area contributed by atoms with E-state index < -0.39 is 0 Å². The first-order valence-electron chi connectivity index (χ1n) is 10.2. The Hall–Kier alpha value is -2.95. The second kappa shape index (κ2) is 11.8. The summed E-state index contributed by atoms with van der Waals surface area (Å²) in [4.78, 5) is 14.3. The normalized spacial score (nSPS) is 10.9. The van der Waals surface area contributed by atoms with Gasteiger partial charge in [0.1, 0.15) is 11.5 Å². The van der Waals surface area contributed by atoms with Gasteiger partial charge in [-0.1, -0.05) is 38.0 Å². The molecule has 0 aliphatic heterocycles. The Labute approximate surface area is 174 Å². The zero-order chi connectivity index (χ0) is 21.1. The predicted octanol–water partition coefficient (Wildman–Crippen LogP) is 4.40. The van der Waals surface area contributed by atoms with Crippen molar-refractivity contribution in [2.45, 2.75) is 32.6 Å². The lowest BCUT2D eigenvalue weighted by atomic mass is 10.1. The van der Waals surface area contributed by atoms with Gasteiger partial charge in [-0.3, -0.25) is 4.79 Å². The second-order valence-electron chi connectivity index (χ2n) is 7.10. The molecule has 1 amide bonds. The van der Waals surface area contributed by atoms with Crippen LogP contribution in [0.5, 0.6) is 11.5 Å². The van der Waals surface area contributed by atoms with Crippen LogP contribution in [0.15, 0.2) is 48.5 Å². The lowest BCUT2D eigenvalue weighted by molar-refractivity contribution is -0.116. The van der Waals surface area contributed by atoms with Gasteiger partial charge in [0.05, 0.1) is 12.8 Å². The summed E-state index contributed by atoms with van der Waals surface area (Å²) in [5, 5.41) is 12.2. The van der Waals surface area contributed by atoms with Crippen molar-refractivity contribution in [2.24, 2.45) is 0 Å². The third-order valence-electron chi connectivity index (χ3n) is 4.79. The first kappa shape index (κ1) is 22.3. The Morgan fingerprint density at radius 3 is 2.62 bits per heavy atom. The van der Waals surface area contributed by atoms with Gasteiger partial charge in [-0.05, 0) is 54.3 Å². The van der Waals surface area contributed by atoms with Gasteiger partial charge in [0.15, 0.2) is 0 Å². The number of benzene rings is 2. The van der Waals surface area contributed by atoms with Gasteiger partial charge in [-0.2, -0.15) is 0 Å². The monoisotopic (exact) mass is 396 g/mol. The van der Waals surface area contributed by atoms with E-state index in [1.165, 1.54) is 12.8 Å². The van der Waals surface area contributed by atoms with Crippen molar-refractivity contribution in [3.63, 3.8) is 0 Å². The van der Waals surface area contributed by atoms with E-state index in [4.69, 9.17) is 4.74 Å². The number of carbonyl (C=O) groups is 1. The number of anilines is 1. The molecule has 29 heavy (non-hydrogen) atoms. The Bertz CT molecular complexity index is 800. The second-order valence-corrected chi connectivity index (χ2v) is 7.10. The van der Waals surface area contributed by atoms with Gasteiger partial charge in [0.25, 0.3) is 0 Å². The van der Waals surface area contributed by atoms with Crippen molar-refractivity contribution < 1.29 is 14.6 Å². The van der Waals surface area contributed by atoms with E-state index in [9.17, 15) is 9.90 Å². The van der Waals surface area contributed by atoms with Crippen molar-refractivity contribution >= 4 is 17.7 Å². The zero-order valence-electron chi connectivity index (χ0n) is 17.6. The van der Waals surface area contributed by atoms with E-state index >= 15 is 0 Å². The van der Waals surface area contributed by atoms with Crippen molar-refractivity contribution in [2.75, 3.05) is 32.1 Å². The number of aromatic hydroxyl groups is 1. The summed E-state index contributed by atoms with van der Waals surface area (Å²) >= 11 is 0. The van der Waals surface area contributed by atoms with Crippen molar-refractivity contribution in [1.82, 2.24) is 5.32 Å². The Balaban J connectivity index is 1.91. The number of ether oxygens (including phenoxy) is 1. The fraction of sp³-hybridized carbons (Fsp3) is 0.375. The number of phenols is 1. The molecule has 0 saturated heterocycles. The molecule has 0 aliphatic rings. The number of carbonyl (C=O) groups excluding carboxylic acids is 1. The van der Waals surface area contributed by atoms with E-state index in [1.54, 1.807) is 25.3 Å². The third-order valence-corrected chi connectivity index (χ3v) is 4.79. The number of hydrogen-bond donors (Lipinski definition) is 2. The number of rotatable bonds is 11. The fourth-order valence-electron chi connectivity index (χ4n) is 3.05. The van der Waals surface area contributed by atoms with E-state index in [0.29, 0.717) is 6.54 Å². The minimum absolute atomic E-state index is 0.127. The van der Waals surface area contributed by atoms with Gasteiger partial charge in [-0.25, -0.2) is 0 Å². The average molecular weight is 397 g/mol. The molecule has 156 valence electrons. The quantitative estimate of drug-likeness (QED) is 0.437. The van der Waals surface area contributed by atoms with Crippen LogP contribution in [0.1, 0.15) is 37.3 Å². The highest BCUT2D eigenvalue weighted by molar-refractivity contribution is 5.91. The Morgan fingerprint density at radius 2 is 1.93 bits per heavy atom. The van der Waals surface area contributed by atoms with Crippen LogP contribution in [-0.2, 0) is 11.2 Å². The molecule has 5 nitrogen and oxygen atoms in total. The van der Waals surface area contributed by atoms with Gasteiger partial charge < -0.3 is 20.1 Å². The largest absolute Gasteiger partial charge is 0.508 e. The summed E-state index contributed by atoms with van der Waals surface area (Å²) in [6.45, 7) is 3.71. The highest BCUT2D eigenvalue weighted by atomic mass is 16.5. The first-order valence-corrected chi connectivity index (χ1v) is 10.2. The van der Waals surface area contributed by atoms with Gasteiger partial charge >= 0.3 is 0 Å². The standard InChI is InChI=1S/C24H32N2O3/c1-4-5-6-17-26(2)22-18-20(9-13-23(22)29-3)10-14-24(28)25-16-15-19-7-11-21(27)12-8-19/h7-14,18,27H,4-6,15-17H2,1-3H3,(H,25,28)/b14-10+. The van der Waals surface area contributed by atoms with Gasteiger partial charge in [-0.15, -0.1) is 0 Å². The molecular weight excluding hydrogens is 364 g/mol. The molecule has 0 aliphatic carbocycles. The van der Waals surface area contributed by atoms with Crippen LogP contribution in [0.4, 0.5) is 5.69 Å². The minimum Gasteiger partial charge on any atom is -0.508 e.